The molecule has 1 aromatic carbocycles. The molecule has 2 rings (SSSR count). The third-order valence-corrected chi connectivity index (χ3v) is 5.59. The Hall–Kier alpha value is -2.20. The van der Waals surface area contributed by atoms with E-state index in [0.717, 1.165) is 17.7 Å². The number of alkyl halides is 3. The summed E-state index contributed by atoms with van der Waals surface area (Å²) in [6.45, 7) is 3.51. The van der Waals surface area contributed by atoms with Crippen molar-refractivity contribution in [3.63, 3.8) is 0 Å². The van der Waals surface area contributed by atoms with Gasteiger partial charge in [-0.15, -0.1) is 0 Å². The summed E-state index contributed by atoms with van der Waals surface area (Å²) >= 11 is 0. The van der Waals surface area contributed by atoms with Gasteiger partial charge in [0.15, 0.2) is 0 Å². The topological polar surface area (TPSA) is 78.0 Å². The number of allylic oxidation sites excluding steroid dienone is 1. The van der Waals surface area contributed by atoms with Crippen LogP contribution in [0, 0.1) is 13.8 Å². The van der Waals surface area contributed by atoms with Crippen LogP contribution in [0.4, 0.5) is 17.6 Å². The molecular formula is C17H19F4N3O2S. The van der Waals surface area contributed by atoms with E-state index in [1.807, 2.05) is 0 Å². The Morgan fingerprint density at radius 2 is 1.81 bits per heavy atom. The number of halogens is 4. The first-order valence-electron chi connectivity index (χ1n) is 7.95. The highest BCUT2D eigenvalue weighted by Gasteiger charge is 2.46. The second kappa shape index (κ2) is 7.81. The lowest BCUT2D eigenvalue weighted by atomic mass is 10.0. The summed E-state index contributed by atoms with van der Waals surface area (Å²) in [5.74, 6) is -0.420. The van der Waals surface area contributed by atoms with Gasteiger partial charge in [-0.2, -0.15) is 18.3 Å². The Bertz CT molecular complexity index is 946. The van der Waals surface area contributed by atoms with Gasteiger partial charge in [-0.1, -0.05) is 12.1 Å². The Morgan fingerprint density at radius 1 is 1.22 bits per heavy atom. The van der Waals surface area contributed by atoms with Gasteiger partial charge in [0.25, 0.3) is 9.84 Å². The fourth-order valence-electron chi connectivity index (χ4n) is 2.60. The van der Waals surface area contributed by atoms with E-state index in [2.05, 4.69) is 5.10 Å². The van der Waals surface area contributed by atoms with Crippen LogP contribution in [0.15, 0.2) is 41.1 Å². The van der Waals surface area contributed by atoms with Gasteiger partial charge in [-0.25, -0.2) is 12.8 Å². The molecule has 1 heterocycles. The van der Waals surface area contributed by atoms with Crippen molar-refractivity contribution >= 4 is 9.84 Å². The van der Waals surface area contributed by atoms with Gasteiger partial charge in [0, 0.05) is 24.2 Å². The molecule has 0 aliphatic rings. The highest BCUT2D eigenvalue weighted by atomic mass is 32.2. The van der Waals surface area contributed by atoms with E-state index in [-0.39, 0.29) is 13.1 Å². The van der Waals surface area contributed by atoms with Crippen LogP contribution in [0.5, 0.6) is 0 Å². The van der Waals surface area contributed by atoms with Gasteiger partial charge in [0.2, 0.25) is 0 Å². The van der Waals surface area contributed by atoms with Gasteiger partial charge in [-0.3, -0.25) is 4.68 Å². The molecule has 0 fully saturated rings. The summed E-state index contributed by atoms with van der Waals surface area (Å²) in [6, 6.07) is 4.50. The van der Waals surface area contributed by atoms with E-state index in [1.165, 1.54) is 22.9 Å². The van der Waals surface area contributed by atoms with Crippen molar-refractivity contribution < 1.29 is 26.0 Å². The molecule has 0 unspecified atom stereocenters. The van der Waals surface area contributed by atoms with Crippen LogP contribution >= 0.6 is 0 Å². The van der Waals surface area contributed by atoms with Gasteiger partial charge in [0.1, 0.15) is 5.83 Å². The zero-order chi connectivity index (χ0) is 20.4. The number of hydrogen-bond acceptors (Lipinski definition) is 4. The number of rotatable bonds is 6. The number of sulfone groups is 1. The number of hydrogen-bond donors (Lipinski definition) is 1. The first-order chi connectivity index (χ1) is 12.5. The molecule has 2 N–H and O–H groups in total. The molecule has 0 saturated heterocycles. The molecule has 148 valence electrons. The molecule has 5 nitrogen and oxygen atoms in total. The van der Waals surface area contributed by atoms with Crippen molar-refractivity contribution in [1.82, 2.24) is 9.78 Å². The Morgan fingerprint density at radius 3 is 2.33 bits per heavy atom. The van der Waals surface area contributed by atoms with Crippen LogP contribution in [-0.2, 0) is 22.8 Å². The molecule has 10 heteroatoms. The summed E-state index contributed by atoms with van der Waals surface area (Å²) in [5.41, 5.74) is 2.69. The predicted molar refractivity (Wildman–Crippen MR) is 92.4 cm³/mol. The molecule has 0 aliphatic heterocycles. The lowest BCUT2D eigenvalue weighted by Crippen LogP contribution is -2.23. The summed E-state index contributed by atoms with van der Waals surface area (Å²) in [6.07, 6.45) is 1.57. The number of nitrogens with two attached hydrogens (primary N) is 1. The first kappa shape index (κ1) is 21.1. The maximum absolute atomic E-state index is 13.7. The van der Waals surface area contributed by atoms with E-state index >= 15 is 0 Å². The standard InChI is InChI=1S/C17H19F4N3O2S/c1-11-16(12(2)24(23-11)10-14(18)7-8-22)9-13-3-5-15(6-4-13)27(25,26)17(19,20)21/h3-7H,8-10,22H2,1-2H3/b14-7-. The SMILES string of the molecule is Cc1nn(C/C(F)=C/CN)c(C)c1Cc1ccc(S(=O)(=O)C(F)(F)F)cc1. The zero-order valence-corrected chi connectivity index (χ0v) is 15.5. The van der Waals surface area contributed by atoms with Crippen LogP contribution in [0.1, 0.15) is 22.5 Å². The van der Waals surface area contributed by atoms with Gasteiger partial charge in [-0.05, 0) is 37.6 Å². The highest BCUT2D eigenvalue weighted by Crippen LogP contribution is 2.30. The predicted octanol–water partition coefficient (Wildman–Crippen LogP) is 3.20. The van der Waals surface area contributed by atoms with E-state index in [1.54, 1.807) is 13.8 Å². The molecule has 0 bridgehead atoms. The molecule has 0 saturated carbocycles. The van der Waals surface area contributed by atoms with Crippen molar-refractivity contribution in [3.05, 3.63) is 58.7 Å². The molecule has 2 aromatic rings. The fourth-order valence-corrected chi connectivity index (χ4v) is 3.37. The Balaban J connectivity index is 2.26. The normalized spacial score (nSPS) is 13.2. The molecular weight excluding hydrogens is 386 g/mol. The van der Waals surface area contributed by atoms with E-state index in [9.17, 15) is 26.0 Å². The minimum atomic E-state index is -5.37. The Kier molecular flexibility index (Phi) is 6.10. The third kappa shape index (κ3) is 4.56. The van der Waals surface area contributed by atoms with Crippen molar-refractivity contribution in [1.29, 1.82) is 0 Å². The van der Waals surface area contributed by atoms with Crippen molar-refractivity contribution in [2.45, 2.75) is 37.2 Å². The summed E-state index contributed by atoms with van der Waals surface area (Å²) in [7, 11) is -5.37. The van der Waals surface area contributed by atoms with Crippen molar-refractivity contribution in [2.24, 2.45) is 5.73 Å². The van der Waals surface area contributed by atoms with Crippen LogP contribution in [0.3, 0.4) is 0 Å². The highest BCUT2D eigenvalue weighted by molar-refractivity contribution is 7.92. The van der Waals surface area contributed by atoms with E-state index in [4.69, 9.17) is 5.73 Å². The molecule has 0 spiro atoms. The molecule has 1 aromatic heterocycles. The largest absolute Gasteiger partial charge is 0.501 e. The third-order valence-electron chi connectivity index (χ3n) is 4.09. The van der Waals surface area contributed by atoms with E-state index in [0.29, 0.717) is 23.4 Å². The molecule has 0 atom stereocenters. The van der Waals surface area contributed by atoms with E-state index < -0.39 is 26.1 Å². The van der Waals surface area contributed by atoms with Crippen LogP contribution in [-0.4, -0.2) is 30.3 Å². The van der Waals surface area contributed by atoms with Gasteiger partial charge in [0.05, 0.1) is 17.1 Å². The van der Waals surface area contributed by atoms with Gasteiger partial charge < -0.3 is 5.73 Å². The van der Waals surface area contributed by atoms with Crippen LogP contribution < -0.4 is 5.73 Å². The summed E-state index contributed by atoms with van der Waals surface area (Å²) in [5, 5.41) is 4.27. The minimum Gasteiger partial charge on any atom is -0.327 e. The second-order valence-corrected chi connectivity index (χ2v) is 7.90. The number of nitrogens with zero attached hydrogens (tertiary/aromatic N) is 2. The fraction of sp³-hybridized carbons (Fsp3) is 0.353. The number of aromatic nitrogens is 2. The quantitative estimate of drug-likeness (QED) is 0.749. The second-order valence-electron chi connectivity index (χ2n) is 5.96. The summed E-state index contributed by atoms with van der Waals surface area (Å²) < 4.78 is 75.7. The molecule has 27 heavy (non-hydrogen) atoms. The molecule has 0 amide bonds. The lowest BCUT2D eigenvalue weighted by molar-refractivity contribution is -0.0436. The average Bonchev–Trinajstić information content (AvgIpc) is 2.82. The van der Waals surface area contributed by atoms with Crippen LogP contribution in [0.25, 0.3) is 0 Å². The maximum Gasteiger partial charge on any atom is 0.501 e. The maximum atomic E-state index is 13.7. The molecule has 0 radical (unpaired) electrons. The average molecular weight is 405 g/mol. The number of aryl methyl sites for hydroxylation is 1. The smallest absolute Gasteiger partial charge is 0.327 e. The lowest BCUT2D eigenvalue weighted by Gasteiger charge is -2.09. The number of benzene rings is 1. The molecule has 0 aliphatic carbocycles. The zero-order valence-electron chi connectivity index (χ0n) is 14.7. The minimum absolute atomic E-state index is 0.0629. The van der Waals surface area contributed by atoms with Gasteiger partial charge >= 0.3 is 5.51 Å². The Labute approximate surface area is 154 Å². The monoisotopic (exact) mass is 405 g/mol. The summed E-state index contributed by atoms with van der Waals surface area (Å²) in [4.78, 5) is -0.808. The van der Waals surface area contributed by atoms with Crippen LogP contribution in [0.2, 0.25) is 0 Å². The first-order valence-corrected chi connectivity index (χ1v) is 9.43. The van der Waals surface area contributed by atoms with Crippen molar-refractivity contribution in [3.8, 4) is 0 Å². The van der Waals surface area contributed by atoms with Crippen molar-refractivity contribution in [2.75, 3.05) is 6.54 Å².